The van der Waals surface area contributed by atoms with Gasteiger partial charge in [-0.05, 0) is 37.5 Å². The van der Waals surface area contributed by atoms with Gasteiger partial charge in [0.25, 0.3) is 5.91 Å². The number of aromatic nitrogens is 3. The third kappa shape index (κ3) is 4.37. The molecule has 3 heterocycles. The molecular formula is C21H30ClN5O3. The van der Waals surface area contributed by atoms with E-state index >= 15 is 0 Å². The lowest BCUT2D eigenvalue weighted by atomic mass is 9.97. The van der Waals surface area contributed by atoms with E-state index in [1.807, 2.05) is 23.4 Å². The van der Waals surface area contributed by atoms with Gasteiger partial charge in [-0.2, -0.15) is 0 Å². The fraction of sp³-hybridized carbons (Fsp3) is 0.571. The van der Waals surface area contributed by atoms with Gasteiger partial charge in [0, 0.05) is 33.3 Å². The summed E-state index contributed by atoms with van der Waals surface area (Å²) in [5.74, 6) is -0.0694. The molecule has 1 fully saturated rings. The van der Waals surface area contributed by atoms with Gasteiger partial charge in [-0.25, -0.2) is 4.68 Å². The molecule has 0 N–H and O–H groups in total. The normalized spacial score (nSPS) is 19.3. The van der Waals surface area contributed by atoms with Crippen LogP contribution < -0.4 is 0 Å². The molecule has 0 bridgehead atoms. The minimum Gasteiger partial charge on any atom is -0.383 e. The molecule has 1 saturated heterocycles. The molecule has 0 spiro atoms. The Hall–Kier alpha value is -2.00. The van der Waals surface area contributed by atoms with Gasteiger partial charge in [-0.15, -0.1) is 17.5 Å². The smallest absolute Gasteiger partial charge is 0.276 e. The van der Waals surface area contributed by atoms with Crippen molar-refractivity contribution >= 4 is 18.3 Å². The molecule has 1 unspecified atom stereocenters. The van der Waals surface area contributed by atoms with Gasteiger partial charge < -0.3 is 14.4 Å². The van der Waals surface area contributed by atoms with Crippen LogP contribution in [0.3, 0.4) is 0 Å². The van der Waals surface area contributed by atoms with Gasteiger partial charge in [0.2, 0.25) is 0 Å². The van der Waals surface area contributed by atoms with Crippen molar-refractivity contribution in [1.29, 1.82) is 0 Å². The number of fused-ring (bicyclic) bond motifs is 1. The number of rotatable bonds is 5. The second-order valence-electron chi connectivity index (χ2n) is 7.79. The third-order valence-corrected chi connectivity index (χ3v) is 5.89. The van der Waals surface area contributed by atoms with Crippen molar-refractivity contribution in [3.63, 3.8) is 0 Å². The van der Waals surface area contributed by atoms with Gasteiger partial charge in [-0.3, -0.25) is 9.69 Å². The Labute approximate surface area is 183 Å². The number of ether oxygens (including phenoxy) is 2. The molecule has 4 rings (SSSR count). The number of hydrogen-bond acceptors (Lipinski definition) is 6. The Bertz CT molecular complexity index is 888. The number of hydrogen-bond donors (Lipinski definition) is 0. The molecular weight excluding hydrogens is 406 g/mol. The lowest BCUT2D eigenvalue weighted by Crippen LogP contribution is -2.47. The first-order valence-corrected chi connectivity index (χ1v) is 10.2. The van der Waals surface area contributed by atoms with Gasteiger partial charge in [0.1, 0.15) is 0 Å². The molecule has 9 heteroatoms. The summed E-state index contributed by atoms with van der Waals surface area (Å²) in [5, 5.41) is 8.62. The molecule has 1 atom stereocenters. The van der Waals surface area contributed by atoms with Gasteiger partial charge in [0.15, 0.2) is 5.69 Å². The Morgan fingerprint density at radius 3 is 2.93 bits per heavy atom. The van der Waals surface area contributed by atoms with E-state index in [1.165, 1.54) is 11.1 Å². The zero-order valence-electron chi connectivity index (χ0n) is 17.8. The molecule has 0 radical (unpaired) electrons. The summed E-state index contributed by atoms with van der Waals surface area (Å²) in [7, 11) is 1.74. The van der Waals surface area contributed by atoms with Crippen molar-refractivity contribution in [2.75, 3.05) is 46.6 Å². The van der Waals surface area contributed by atoms with Crippen molar-refractivity contribution < 1.29 is 14.3 Å². The van der Waals surface area contributed by atoms with E-state index in [0.29, 0.717) is 25.5 Å². The summed E-state index contributed by atoms with van der Waals surface area (Å²) < 4.78 is 12.5. The molecule has 2 aromatic rings. The number of amides is 1. The van der Waals surface area contributed by atoms with Crippen molar-refractivity contribution in [2.24, 2.45) is 0 Å². The minimum absolute atomic E-state index is 0. The van der Waals surface area contributed by atoms with E-state index in [1.54, 1.807) is 7.11 Å². The average Bonchev–Trinajstić information content (AvgIpc) is 3.12. The highest BCUT2D eigenvalue weighted by atomic mass is 35.5. The fourth-order valence-electron chi connectivity index (χ4n) is 4.18. The number of halogens is 1. The summed E-state index contributed by atoms with van der Waals surface area (Å²) in [6.07, 6.45) is 0.943. The van der Waals surface area contributed by atoms with Gasteiger partial charge in [0.05, 0.1) is 37.2 Å². The Morgan fingerprint density at radius 1 is 1.33 bits per heavy atom. The van der Waals surface area contributed by atoms with Crippen LogP contribution >= 0.6 is 12.4 Å². The summed E-state index contributed by atoms with van der Waals surface area (Å²) in [5.41, 5.74) is 4.81. The van der Waals surface area contributed by atoms with Crippen LogP contribution in [0.5, 0.6) is 0 Å². The highest BCUT2D eigenvalue weighted by molar-refractivity contribution is 5.93. The molecule has 1 amide bonds. The Balaban J connectivity index is 0.00000256. The zero-order chi connectivity index (χ0) is 20.4. The molecule has 0 saturated carbocycles. The number of carbonyl (C=O) groups is 1. The van der Waals surface area contributed by atoms with Gasteiger partial charge >= 0.3 is 0 Å². The summed E-state index contributed by atoms with van der Waals surface area (Å²) >= 11 is 0. The summed E-state index contributed by atoms with van der Waals surface area (Å²) in [6, 6.07) is 6.34. The second-order valence-corrected chi connectivity index (χ2v) is 7.79. The minimum atomic E-state index is -0.0694. The van der Waals surface area contributed by atoms with Crippen LogP contribution in [-0.2, 0) is 22.4 Å². The van der Waals surface area contributed by atoms with Crippen molar-refractivity contribution in [2.45, 2.75) is 32.9 Å². The number of morpholine rings is 1. The average molecular weight is 436 g/mol. The fourth-order valence-corrected chi connectivity index (χ4v) is 4.18. The zero-order valence-corrected chi connectivity index (χ0v) is 18.7. The molecule has 8 nitrogen and oxygen atoms in total. The van der Waals surface area contributed by atoms with E-state index in [-0.39, 0.29) is 24.4 Å². The predicted octanol–water partition coefficient (Wildman–Crippen LogP) is 1.86. The first-order valence-electron chi connectivity index (χ1n) is 10.2. The summed E-state index contributed by atoms with van der Waals surface area (Å²) in [4.78, 5) is 17.3. The standard InChI is InChI=1S/C21H29N5O3.ClH/c1-15-14-29-12-10-25(15)21(27)20-16(2)26(23-22-20)19-6-4-5-17-13-24(9-11-28-3)8-7-18(17)19;/h4-6,15H,7-14H2,1-3H3;1H. The highest BCUT2D eigenvalue weighted by Gasteiger charge is 2.29. The predicted molar refractivity (Wildman–Crippen MR) is 116 cm³/mol. The molecule has 30 heavy (non-hydrogen) atoms. The molecule has 0 aliphatic carbocycles. The molecule has 2 aliphatic heterocycles. The molecule has 1 aromatic heterocycles. The second kappa shape index (κ2) is 9.87. The quantitative estimate of drug-likeness (QED) is 0.713. The topological polar surface area (TPSA) is 72.7 Å². The summed E-state index contributed by atoms with van der Waals surface area (Å²) in [6.45, 7) is 9.19. The van der Waals surface area contributed by atoms with Crippen molar-refractivity contribution in [3.05, 3.63) is 40.7 Å². The van der Waals surface area contributed by atoms with Crippen LogP contribution in [0.15, 0.2) is 18.2 Å². The van der Waals surface area contributed by atoms with E-state index in [0.717, 1.165) is 44.0 Å². The van der Waals surface area contributed by atoms with Crippen LogP contribution in [0.1, 0.15) is 34.2 Å². The molecule has 2 aliphatic rings. The van der Waals surface area contributed by atoms with Crippen LogP contribution in [-0.4, -0.2) is 83.3 Å². The van der Waals surface area contributed by atoms with Crippen LogP contribution in [0.2, 0.25) is 0 Å². The number of nitrogens with zero attached hydrogens (tertiary/aromatic N) is 5. The maximum absolute atomic E-state index is 13.0. The maximum atomic E-state index is 13.0. The van der Waals surface area contributed by atoms with E-state index in [4.69, 9.17) is 9.47 Å². The molecule has 164 valence electrons. The third-order valence-electron chi connectivity index (χ3n) is 5.89. The SMILES string of the molecule is COCCN1CCc2c(cccc2-n2nnc(C(=O)N3CCOCC3C)c2C)C1.Cl. The Morgan fingerprint density at radius 2 is 2.17 bits per heavy atom. The van der Waals surface area contributed by atoms with E-state index < -0.39 is 0 Å². The largest absolute Gasteiger partial charge is 0.383 e. The maximum Gasteiger partial charge on any atom is 0.276 e. The number of carbonyl (C=O) groups excluding carboxylic acids is 1. The Kier molecular flexibility index (Phi) is 7.46. The van der Waals surface area contributed by atoms with Crippen molar-refractivity contribution in [3.8, 4) is 5.69 Å². The van der Waals surface area contributed by atoms with Crippen LogP contribution in [0.4, 0.5) is 0 Å². The lowest BCUT2D eigenvalue weighted by Gasteiger charge is -2.32. The first-order chi connectivity index (χ1) is 14.1. The molecule has 1 aromatic carbocycles. The number of benzene rings is 1. The van der Waals surface area contributed by atoms with Crippen molar-refractivity contribution in [1.82, 2.24) is 24.8 Å². The first kappa shape index (κ1) is 22.7. The van der Waals surface area contributed by atoms with E-state index in [9.17, 15) is 4.79 Å². The monoisotopic (exact) mass is 435 g/mol. The number of methoxy groups -OCH3 is 1. The van der Waals surface area contributed by atoms with Crippen LogP contribution in [0.25, 0.3) is 5.69 Å². The van der Waals surface area contributed by atoms with Crippen LogP contribution in [0, 0.1) is 6.92 Å². The highest BCUT2D eigenvalue weighted by Crippen LogP contribution is 2.26. The van der Waals surface area contributed by atoms with Gasteiger partial charge in [-0.1, -0.05) is 17.3 Å². The lowest BCUT2D eigenvalue weighted by molar-refractivity contribution is 0.00322. The van der Waals surface area contributed by atoms with E-state index in [2.05, 4.69) is 33.4 Å².